The van der Waals surface area contributed by atoms with Gasteiger partial charge in [-0.2, -0.15) is 0 Å². The van der Waals surface area contributed by atoms with Gasteiger partial charge in [-0.25, -0.2) is 8.42 Å². The summed E-state index contributed by atoms with van der Waals surface area (Å²) >= 11 is 0. The summed E-state index contributed by atoms with van der Waals surface area (Å²) < 4.78 is 23.5. The van der Waals surface area contributed by atoms with E-state index in [4.69, 9.17) is 0 Å². The number of anilines is 1. The highest BCUT2D eigenvalue weighted by molar-refractivity contribution is 7.90. The molecule has 6 nitrogen and oxygen atoms in total. The molecule has 0 aliphatic carbocycles. The molecule has 110 valence electrons. The van der Waals surface area contributed by atoms with Crippen LogP contribution in [-0.2, 0) is 9.84 Å². The van der Waals surface area contributed by atoms with Crippen LogP contribution in [0.2, 0.25) is 0 Å². The lowest BCUT2D eigenvalue weighted by molar-refractivity contribution is -0.387. The number of para-hydroxylation sites is 1. The topological polar surface area (TPSA) is 80.5 Å². The minimum atomic E-state index is -3.63. The lowest BCUT2D eigenvalue weighted by Gasteiger charge is -2.25. The summed E-state index contributed by atoms with van der Waals surface area (Å²) in [4.78, 5) is 12.5. The van der Waals surface area contributed by atoms with Crippen molar-refractivity contribution in [3.05, 3.63) is 28.3 Å². The minimum absolute atomic E-state index is 0.156. The second-order valence-corrected chi connectivity index (χ2v) is 7.34. The van der Waals surface area contributed by atoms with Crippen molar-refractivity contribution in [2.45, 2.75) is 31.2 Å². The molecule has 0 bridgehead atoms. The molecule has 20 heavy (non-hydrogen) atoms. The third kappa shape index (κ3) is 2.49. The number of hydrogen-bond donors (Lipinski definition) is 0. The van der Waals surface area contributed by atoms with Gasteiger partial charge in [-0.1, -0.05) is 13.0 Å². The van der Waals surface area contributed by atoms with Crippen LogP contribution in [0.15, 0.2) is 23.1 Å². The summed E-state index contributed by atoms with van der Waals surface area (Å²) in [6, 6.07) is 4.64. The second-order valence-electron chi connectivity index (χ2n) is 5.35. The first-order chi connectivity index (χ1) is 9.23. The molecule has 0 radical (unpaired) electrons. The number of rotatable bonds is 3. The van der Waals surface area contributed by atoms with Crippen LogP contribution in [0.4, 0.5) is 11.4 Å². The van der Waals surface area contributed by atoms with Gasteiger partial charge in [0.25, 0.3) is 0 Å². The molecular formula is C13H18N2O4S. The van der Waals surface area contributed by atoms with Gasteiger partial charge in [-0.05, 0) is 31.4 Å². The average molecular weight is 298 g/mol. The van der Waals surface area contributed by atoms with E-state index >= 15 is 0 Å². The third-order valence-electron chi connectivity index (χ3n) is 4.01. The summed E-state index contributed by atoms with van der Waals surface area (Å²) in [5, 5.41) is 11.3. The lowest BCUT2D eigenvalue weighted by atomic mass is 10.0. The lowest BCUT2D eigenvalue weighted by Crippen LogP contribution is -2.30. The van der Waals surface area contributed by atoms with E-state index in [-0.39, 0.29) is 16.6 Å². The first-order valence-corrected chi connectivity index (χ1v) is 8.36. The molecule has 1 heterocycles. The van der Waals surface area contributed by atoms with E-state index < -0.39 is 14.8 Å². The van der Waals surface area contributed by atoms with Gasteiger partial charge < -0.3 is 4.90 Å². The summed E-state index contributed by atoms with van der Waals surface area (Å²) in [5.41, 5.74) is 0.0886. The highest BCUT2D eigenvalue weighted by Gasteiger charge is 2.34. The molecule has 0 aromatic heterocycles. The largest absolute Gasteiger partial charge is 0.363 e. The minimum Gasteiger partial charge on any atom is -0.363 e. The van der Waals surface area contributed by atoms with Crippen LogP contribution in [0.25, 0.3) is 0 Å². The van der Waals surface area contributed by atoms with Gasteiger partial charge >= 0.3 is 5.69 Å². The van der Waals surface area contributed by atoms with Gasteiger partial charge in [0.15, 0.2) is 9.84 Å². The summed E-state index contributed by atoms with van der Waals surface area (Å²) in [6.45, 7) is 4.81. The first kappa shape index (κ1) is 14.8. The monoisotopic (exact) mass is 298 g/mol. The fraction of sp³-hybridized carbons (Fsp3) is 0.538. The zero-order valence-corrected chi connectivity index (χ0v) is 12.6. The fourth-order valence-corrected chi connectivity index (χ4v) is 3.52. The molecule has 1 aliphatic rings. The molecule has 1 aromatic rings. The summed E-state index contributed by atoms with van der Waals surface area (Å²) in [5.74, 6) is 0.427. The standard InChI is InChI=1S/C13H18N2O4S/c1-9-7-8-14(10(9)2)11-5-4-6-12(20(3,18)19)13(11)15(16)17/h4-6,9-10H,7-8H2,1-3H3. The van der Waals surface area contributed by atoms with Crippen molar-refractivity contribution in [2.24, 2.45) is 5.92 Å². The van der Waals surface area contributed by atoms with Crippen molar-refractivity contribution in [1.82, 2.24) is 0 Å². The highest BCUT2D eigenvalue weighted by Crippen LogP contribution is 2.39. The number of nitrogens with zero attached hydrogens (tertiary/aromatic N) is 2. The average Bonchev–Trinajstić information content (AvgIpc) is 2.68. The van der Waals surface area contributed by atoms with E-state index in [1.54, 1.807) is 12.1 Å². The number of sulfone groups is 1. The number of nitro benzene ring substituents is 1. The Morgan fingerprint density at radius 2 is 2.00 bits per heavy atom. The first-order valence-electron chi connectivity index (χ1n) is 6.47. The molecule has 0 N–H and O–H groups in total. The normalized spacial score (nSPS) is 23.1. The van der Waals surface area contributed by atoms with E-state index in [2.05, 4.69) is 6.92 Å². The van der Waals surface area contributed by atoms with Crippen molar-refractivity contribution in [2.75, 3.05) is 17.7 Å². The predicted molar refractivity (Wildman–Crippen MR) is 76.8 cm³/mol. The van der Waals surface area contributed by atoms with Crippen LogP contribution in [-0.4, -0.2) is 32.2 Å². The maximum atomic E-state index is 11.7. The van der Waals surface area contributed by atoms with E-state index in [1.165, 1.54) is 6.07 Å². The van der Waals surface area contributed by atoms with Gasteiger partial charge in [0.05, 0.1) is 4.92 Å². The summed E-state index contributed by atoms with van der Waals surface area (Å²) in [7, 11) is -3.63. The predicted octanol–water partition coefficient (Wildman–Crippen LogP) is 2.23. The van der Waals surface area contributed by atoms with E-state index in [0.29, 0.717) is 18.2 Å². The number of benzene rings is 1. The SMILES string of the molecule is CC1CCN(c2cccc(S(C)(=O)=O)c2[N+](=O)[O-])C1C. The molecule has 1 fully saturated rings. The zero-order chi connectivity index (χ0) is 15.1. The molecular weight excluding hydrogens is 280 g/mol. The number of hydrogen-bond acceptors (Lipinski definition) is 5. The Morgan fingerprint density at radius 3 is 2.45 bits per heavy atom. The van der Waals surface area contributed by atoms with Crippen LogP contribution < -0.4 is 4.90 Å². The molecule has 7 heteroatoms. The molecule has 2 rings (SSSR count). The quantitative estimate of drug-likeness (QED) is 0.631. The molecule has 1 aliphatic heterocycles. The van der Waals surface area contributed by atoms with Crippen LogP contribution >= 0.6 is 0 Å². The van der Waals surface area contributed by atoms with Crippen LogP contribution in [0.1, 0.15) is 20.3 Å². The molecule has 1 aromatic carbocycles. The molecule has 1 saturated heterocycles. The zero-order valence-electron chi connectivity index (χ0n) is 11.7. The maximum Gasteiger partial charge on any atom is 0.311 e. The Kier molecular flexibility index (Phi) is 3.73. The highest BCUT2D eigenvalue weighted by atomic mass is 32.2. The van der Waals surface area contributed by atoms with Gasteiger partial charge in [-0.15, -0.1) is 0 Å². The Bertz CT molecular complexity index is 642. The molecule has 0 saturated carbocycles. The van der Waals surface area contributed by atoms with Gasteiger partial charge in [-0.3, -0.25) is 10.1 Å². The van der Waals surface area contributed by atoms with Crippen molar-refractivity contribution in [3.8, 4) is 0 Å². The Labute approximate surface area is 118 Å². The van der Waals surface area contributed by atoms with Gasteiger partial charge in [0.2, 0.25) is 0 Å². The van der Waals surface area contributed by atoms with E-state index in [0.717, 1.165) is 12.7 Å². The van der Waals surface area contributed by atoms with E-state index in [1.807, 2.05) is 11.8 Å². The molecule has 0 amide bonds. The molecule has 2 atom stereocenters. The number of nitro groups is 1. The van der Waals surface area contributed by atoms with Crippen LogP contribution in [0.3, 0.4) is 0 Å². The fourth-order valence-electron chi connectivity index (χ4n) is 2.66. The van der Waals surface area contributed by atoms with Crippen molar-refractivity contribution in [3.63, 3.8) is 0 Å². The van der Waals surface area contributed by atoms with Crippen LogP contribution in [0, 0.1) is 16.0 Å². The smallest absolute Gasteiger partial charge is 0.311 e. The van der Waals surface area contributed by atoms with Crippen molar-refractivity contribution < 1.29 is 13.3 Å². The van der Waals surface area contributed by atoms with Crippen LogP contribution in [0.5, 0.6) is 0 Å². The Hall–Kier alpha value is -1.63. The Morgan fingerprint density at radius 1 is 1.35 bits per heavy atom. The molecule has 2 unspecified atom stereocenters. The second kappa shape index (κ2) is 5.05. The van der Waals surface area contributed by atoms with E-state index in [9.17, 15) is 18.5 Å². The van der Waals surface area contributed by atoms with Crippen molar-refractivity contribution >= 4 is 21.2 Å². The Balaban J connectivity index is 2.63. The maximum absolute atomic E-state index is 11.7. The van der Waals surface area contributed by atoms with Gasteiger partial charge in [0.1, 0.15) is 10.6 Å². The van der Waals surface area contributed by atoms with Gasteiger partial charge in [0, 0.05) is 18.8 Å². The summed E-state index contributed by atoms with van der Waals surface area (Å²) in [6.07, 6.45) is 1.94. The molecule has 0 spiro atoms. The van der Waals surface area contributed by atoms with Crippen molar-refractivity contribution in [1.29, 1.82) is 0 Å². The third-order valence-corrected chi connectivity index (χ3v) is 5.14.